The van der Waals surface area contributed by atoms with Crippen LogP contribution in [-0.2, 0) is 19.0 Å². The summed E-state index contributed by atoms with van der Waals surface area (Å²) in [5.41, 5.74) is -2.01. The van der Waals surface area contributed by atoms with E-state index in [2.05, 4.69) is 11.3 Å². The third-order valence-corrected chi connectivity index (χ3v) is 4.33. The molecule has 2 aliphatic rings. The van der Waals surface area contributed by atoms with Gasteiger partial charge in [0.1, 0.15) is 11.7 Å². The molecule has 4 atom stereocenters. The van der Waals surface area contributed by atoms with Crippen LogP contribution < -0.4 is 0 Å². The van der Waals surface area contributed by atoms with Crippen LogP contribution in [0.5, 0.6) is 0 Å². The van der Waals surface area contributed by atoms with Crippen LogP contribution in [0.25, 0.3) is 0 Å². The first-order valence-corrected chi connectivity index (χ1v) is 7.30. The summed E-state index contributed by atoms with van der Waals surface area (Å²) >= 11 is 0. The lowest BCUT2D eigenvalue weighted by Crippen LogP contribution is -2.58. The molecule has 0 spiro atoms. The van der Waals surface area contributed by atoms with Crippen LogP contribution in [0, 0.1) is 0 Å². The standard InChI is InChI=1S/C15H21F3O5/c1-9(2)11(19)22-10-5-6-13(10,4)23-12(3)7-14(20,21-8-12)15(16,17)18/h10,20H,1,5-8H2,2-4H3. The van der Waals surface area contributed by atoms with E-state index in [1.54, 1.807) is 6.92 Å². The average Bonchev–Trinajstić information content (AvgIpc) is 2.70. The lowest BCUT2D eigenvalue weighted by Gasteiger charge is -2.49. The van der Waals surface area contributed by atoms with Crippen molar-refractivity contribution in [3.8, 4) is 0 Å². The molecular weight excluding hydrogens is 317 g/mol. The van der Waals surface area contributed by atoms with E-state index >= 15 is 0 Å². The van der Waals surface area contributed by atoms with Crippen molar-refractivity contribution in [1.29, 1.82) is 0 Å². The van der Waals surface area contributed by atoms with Gasteiger partial charge in [-0.05, 0) is 33.6 Å². The number of halogens is 3. The predicted octanol–water partition coefficient (Wildman–Crippen LogP) is 2.47. The molecule has 2 fully saturated rings. The normalized spacial score (nSPS) is 40.6. The van der Waals surface area contributed by atoms with Gasteiger partial charge in [-0.15, -0.1) is 0 Å². The fourth-order valence-electron chi connectivity index (χ4n) is 2.89. The molecule has 1 heterocycles. The van der Waals surface area contributed by atoms with E-state index in [0.717, 1.165) is 0 Å². The van der Waals surface area contributed by atoms with Crippen molar-refractivity contribution in [2.24, 2.45) is 0 Å². The summed E-state index contributed by atoms with van der Waals surface area (Å²) in [4.78, 5) is 11.6. The van der Waals surface area contributed by atoms with Gasteiger partial charge in [0.25, 0.3) is 5.79 Å². The average molecular weight is 338 g/mol. The van der Waals surface area contributed by atoms with Crippen molar-refractivity contribution in [3.05, 3.63) is 12.2 Å². The topological polar surface area (TPSA) is 65.0 Å². The van der Waals surface area contributed by atoms with Crippen LogP contribution in [0.2, 0.25) is 0 Å². The largest absolute Gasteiger partial charge is 0.456 e. The Morgan fingerprint density at radius 2 is 2.00 bits per heavy atom. The number of carbonyl (C=O) groups excluding carboxylic acids is 1. The van der Waals surface area contributed by atoms with E-state index in [4.69, 9.17) is 9.47 Å². The number of carbonyl (C=O) groups is 1. The van der Waals surface area contributed by atoms with Gasteiger partial charge in [0.15, 0.2) is 0 Å². The Morgan fingerprint density at radius 3 is 2.39 bits per heavy atom. The Balaban J connectivity index is 2.04. The maximum Gasteiger partial charge on any atom is 0.443 e. The number of ether oxygens (including phenoxy) is 3. The summed E-state index contributed by atoms with van der Waals surface area (Å²) in [6, 6.07) is 0. The van der Waals surface area contributed by atoms with Crippen LogP contribution in [0.4, 0.5) is 13.2 Å². The minimum atomic E-state index is -4.90. The molecule has 0 bridgehead atoms. The monoisotopic (exact) mass is 338 g/mol. The molecular formula is C15H21F3O5. The van der Waals surface area contributed by atoms with Crippen LogP contribution in [0.3, 0.4) is 0 Å². The van der Waals surface area contributed by atoms with Crippen LogP contribution in [-0.4, -0.2) is 47.0 Å². The van der Waals surface area contributed by atoms with Crippen LogP contribution in [0.15, 0.2) is 12.2 Å². The van der Waals surface area contributed by atoms with E-state index in [1.807, 2.05) is 0 Å². The highest BCUT2D eigenvalue weighted by Crippen LogP contribution is 2.48. The highest BCUT2D eigenvalue weighted by atomic mass is 19.4. The SMILES string of the molecule is C=C(C)C(=O)OC1CCC1(C)OC1(C)COC(O)(C(F)(F)F)C1. The maximum atomic E-state index is 12.8. The lowest BCUT2D eigenvalue weighted by molar-refractivity contribution is -0.349. The van der Waals surface area contributed by atoms with E-state index in [-0.39, 0.29) is 5.57 Å². The van der Waals surface area contributed by atoms with Crippen molar-refractivity contribution >= 4 is 5.97 Å². The Bertz CT molecular complexity index is 520. The molecule has 0 amide bonds. The van der Waals surface area contributed by atoms with Gasteiger partial charge in [0.2, 0.25) is 0 Å². The van der Waals surface area contributed by atoms with Crippen molar-refractivity contribution in [1.82, 2.24) is 0 Å². The van der Waals surface area contributed by atoms with Crippen molar-refractivity contribution in [2.45, 2.75) is 69.3 Å². The highest BCUT2D eigenvalue weighted by molar-refractivity contribution is 5.87. The zero-order chi connectivity index (χ0) is 17.7. The zero-order valence-corrected chi connectivity index (χ0v) is 13.3. The molecule has 2 rings (SSSR count). The number of esters is 1. The van der Waals surface area contributed by atoms with Gasteiger partial charge in [0, 0.05) is 12.0 Å². The molecule has 1 saturated heterocycles. The third-order valence-electron chi connectivity index (χ3n) is 4.33. The molecule has 1 aliphatic heterocycles. The van der Waals surface area contributed by atoms with Crippen molar-refractivity contribution in [3.63, 3.8) is 0 Å². The molecule has 0 aromatic rings. The number of alkyl halides is 3. The van der Waals surface area contributed by atoms with Gasteiger partial charge < -0.3 is 19.3 Å². The molecule has 0 aromatic heterocycles. The first-order chi connectivity index (χ1) is 10.3. The van der Waals surface area contributed by atoms with Crippen molar-refractivity contribution < 1.29 is 37.3 Å². The number of hydrogen-bond donors (Lipinski definition) is 1. The molecule has 5 nitrogen and oxygen atoms in total. The summed E-state index contributed by atoms with van der Waals surface area (Å²) in [5.74, 6) is -3.78. The fraction of sp³-hybridized carbons (Fsp3) is 0.800. The van der Waals surface area contributed by atoms with E-state index < -0.39 is 48.3 Å². The van der Waals surface area contributed by atoms with Crippen molar-refractivity contribution in [2.75, 3.05) is 6.61 Å². The Hall–Kier alpha value is -1.12. The molecule has 0 radical (unpaired) electrons. The number of aliphatic hydroxyl groups is 1. The molecule has 132 valence electrons. The lowest BCUT2D eigenvalue weighted by atomic mass is 9.77. The quantitative estimate of drug-likeness (QED) is 0.630. The molecule has 4 unspecified atom stereocenters. The first-order valence-electron chi connectivity index (χ1n) is 7.30. The molecule has 1 N–H and O–H groups in total. The summed E-state index contributed by atoms with van der Waals surface area (Å²) in [7, 11) is 0. The number of rotatable bonds is 4. The minimum absolute atomic E-state index is 0.237. The molecule has 23 heavy (non-hydrogen) atoms. The Kier molecular flexibility index (Phi) is 4.32. The summed E-state index contributed by atoms with van der Waals surface area (Å²) < 4.78 is 54.2. The van der Waals surface area contributed by atoms with E-state index in [1.165, 1.54) is 13.8 Å². The highest BCUT2D eigenvalue weighted by Gasteiger charge is 2.64. The second-order valence-electron chi connectivity index (χ2n) is 6.83. The van der Waals surface area contributed by atoms with Gasteiger partial charge in [-0.1, -0.05) is 6.58 Å². The smallest absolute Gasteiger partial charge is 0.443 e. The van der Waals surface area contributed by atoms with Crippen LogP contribution >= 0.6 is 0 Å². The second-order valence-corrected chi connectivity index (χ2v) is 6.83. The molecule has 8 heteroatoms. The van der Waals surface area contributed by atoms with E-state index in [9.17, 15) is 23.1 Å². The summed E-state index contributed by atoms with van der Waals surface area (Å²) in [6.45, 7) is 7.70. The molecule has 1 aliphatic carbocycles. The predicted molar refractivity (Wildman–Crippen MR) is 73.4 cm³/mol. The maximum absolute atomic E-state index is 12.8. The summed E-state index contributed by atoms with van der Waals surface area (Å²) in [5, 5.41) is 9.61. The van der Waals surface area contributed by atoms with Gasteiger partial charge in [-0.3, -0.25) is 0 Å². The summed E-state index contributed by atoms with van der Waals surface area (Å²) in [6.07, 6.45) is -5.12. The van der Waals surface area contributed by atoms with Gasteiger partial charge in [-0.25, -0.2) is 4.79 Å². The Labute approximate surface area is 132 Å². The zero-order valence-electron chi connectivity index (χ0n) is 13.3. The van der Waals surface area contributed by atoms with Crippen LogP contribution in [0.1, 0.15) is 40.0 Å². The Morgan fingerprint density at radius 1 is 1.39 bits per heavy atom. The number of hydrogen-bond acceptors (Lipinski definition) is 5. The van der Waals surface area contributed by atoms with Gasteiger partial charge in [-0.2, -0.15) is 13.2 Å². The van der Waals surface area contributed by atoms with Gasteiger partial charge >= 0.3 is 12.1 Å². The molecule has 1 saturated carbocycles. The third kappa shape index (κ3) is 3.39. The second kappa shape index (κ2) is 5.46. The minimum Gasteiger partial charge on any atom is -0.456 e. The fourth-order valence-corrected chi connectivity index (χ4v) is 2.89. The van der Waals surface area contributed by atoms with Gasteiger partial charge in [0.05, 0.1) is 12.2 Å². The first kappa shape index (κ1) is 18.2. The molecule has 0 aromatic carbocycles. The van der Waals surface area contributed by atoms with E-state index in [0.29, 0.717) is 12.8 Å².